The molecule has 2 atom stereocenters. The Morgan fingerprint density at radius 3 is 2.27 bits per heavy atom. The monoisotopic (exact) mass is 327 g/mol. The molecule has 0 radical (unpaired) electrons. The molecule has 1 aromatic carbocycles. The standard InChI is InChI=1S/C15H21NO5S/c1-10(18)16-13(9-17)14(21-15(16,2)3)11-5-7-12(8-6-11)22(4,19)20/h5-8,13-14,17H,9H2,1-4H3/t13-,14-/m1/s1. The maximum atomic E-state index is 11.8. The summed E-state index contributed by atoms with van der Waals surface area (Å²) in [7, 11) is -3.26. The van der Waals surface area contributed by atoms with Gasteiger partial charge in [0.1, 0.15) is 11.8 Å². The predicted octanol–water partition coefficient (Wildman–Crippen LogP) is 1.11. The van der Waals surface area contributed by atoms with Crippen LogP contribution in [0.15, 0.2) is 29.2 Å². The Balaban J connectivity index is 2.38. The molecule has 0 bridgehead atoms. The molecule has 1 aliphatic rings. The fourth-order valence-corrected chi connectivity index (χ4v) is 3.60. The predicted molar refractivity (Wildman–Crippen MR) is 80.9 cm³/mol. The largest absolute Gasteiger partial charge is 0.394 e. The molecular formula is C15H21NO5S. The molecule has 2 rings (SSSR count). The van der Waals surface area contributed by atoms with Crippen LogP contribution in [0.5, 0.6) is 0 Å². The Bertz CT molecular complexity index is 666. The van der Waals surface area contributed by atoms with Crippen molar-refractivity contribution in [1.82, 2.24) is 4.90 Å². The van der Waals surface area contributed by atoms with Gasteiger partial charge in [0.15, 0.2) is 9.84 Å². The van der Waals surface area contributed by atoms with Crippen LogP contribution in [-0.4, -0.2) is 49.0 Å². The van der Waals surface area contributed by atoms with Crippen molar-refractivity contribution in [2.75, 3.05) is 12.9 Å². The molecular weight excluding hydrogens is 306 g/mol. The molecule has 0 saturated carbocycles. The van der Waals surface area contributed by atoms with E-state index >= 15 is 0 Å². The minimum atomic E-state index is -3.26. The second kappa shape index (κ2) is 5.64. The lowest BCUT2D eigenvalue weighted by molar-refractivity contribution is -0.145. The Kier molecular flexibility index (Phi) is 4.34. The Morgan fingerprint density at radius 2 is 1.86 bits per heavy atom. The first-order valence-electron chi connectivity index (χ1n) is 6.96. The van der Waals surface area contributed by atoms with Crippen LogP contribution in [0.1, 0.15) is 32.4 Å². The summed E-state index contributed by atoms with van der Waals surface area (Å²) >= 11 is 0. The van der Waals surface area contributed by atoms with Crippen molar-refractivity contribution in [3.8, 4) is 0 Å². The molecule has 122 valence electrons. The highest BCUT2D eigenvalue weighted by Gasteiger charge is 2.48. The van der Waals surface area contributed by atoms with Gasteiger partial charge in [-0.3, -0.25) is 4.79 Å². The second-order valence-corrected chi connectivity index (χ2v) is 7.98. The molecule has 7 heteroatoms. The van der Waals surface area contributed by atoms with Crippen LogP contribution in [-0.2, 0) is 19.4 Å². The van der Waals surface area contributed by atoms with Gasteiger partial charge in [-0.05, 0) is 31.5 Å². The number of aliphatic hydroxyl groups is 1. The first-order chi connectivity index (χ1) is 10.1. The number of hydrogen-bond acceptors (Lipinski definition) is 5. The van der Waals surface area contributed by atoms with Crippen molar-refractivity contribution < 1.29 is 23.1 Å². The van der Waals surface area contributed by atoms with Gasteiger partial charge in [0.2, 0.25) is 5.91 Å². The molecule has 0 spiro atoms. The fourth-order valence-electron chi connectivity index (χ4n) is 2.97. The van der Waals surface area contributed by atoms with Gasteiger partial charge in [-0.1, -0.05) is 12.1 Å². The number of nitrogens with zero attached hydrogens (tertiary/aromatic N) is 1. The molecule has 1 N–H and O–H groups in total. The van der Waals surface area contributed by atoms with Crippen LogP contribution in [0, 0.1) is 0 Å². The number of sulfone groups is 1. The van der Waals surface area contributed by atoms with Crippen molar-refractivity contribution in [3.05, 3.63) is 29.8 Å². The van der Waals surface area contributed by atoms with E-state index in [0.717, 1.165) is 11.8 Å². The number of hydrogen-bond donors (Lipinski definition) is 1. The van der Waals surface area contributed by atoms with Crippen LogP contribution >= 0.6 is 0 Å². The van der Waals surface area contributed by atoms with Crippen LogP contribution < -0.4 is 0 Å². The smallest absolute Gasteiger partial charge is 0.222 e. The Morgan fingerprint density at radius 1 is 1.32 bits per heavy atom. The van der Waals surface area contributed by atoms with Gasteiger partial charge in [-0.2, -0.15) is 0 Å². The molecule has 22 heavy (non-hydrogen) atoms. The maximum absolute atomic E-state index is 11.8. The number of carbonyl (C=O) groups is 1. The Hall–Kier alpha value is -1.44. The molecule has 1 amide bonds. The topological polar surface area (TPSA) is 83.9 Å². The third kappa shape index (κ3) is 3.02. The van der Waals surface area contributed by atoms with Gasteiger partial charge >= 0.3 is 0 Å². The number of amides is 1. The molecule has 1 fully saturated rings. The van der Waals surface area contributed by atoms with E-state index in [1.165, 1.54) is 24.0 Å². The van der Waals surface area contributed by atoms with Gasteiger partial charge in [-0.25, -0.2) is 8.42 Å². The average Bonchev–Trinajstić information content (AvgIpc) is 2.69. The summed E-state index contributed by atoms with van der Waals surface area (Å²) in [6.45, 7) is 4.73. The Labute approximate surface area is 130 Å². The summed E-state index contributed by atoms with van der Waals surface area (Å²) in [4.78, 5) is 13.6. The van der Waals surface area contributed by atoms with Crippen LogP contribution in [0.25, 0.3) is 0 Å². The molecule has 1 saturated heterocycles. The lowest BCUT2D eigenvalue weighted by atomic mass is 10.0. The van der Waals surface area contributed by atoms with Gasteiger partial charge in [0.25, 0.3) is 0 Å². The molecule has 0 aromatic heterocycles. The molecule has 1 aromatic rings. The van der Waals surface area contributed by atoms with Crippen LogP contribution in [0.4, 0.5) is 0 Å². The summed E-state index contributed by atoms with van der Waals surface area (Å²) in [6, 6.07) is 5.82. The third-order valence-corrected chi connectivity index (χ3v) is 4.97. The average molecular weight is 327 g/mol. The SMILES string of the molecule is CC(=O)N1[C@H](CO)[C@@H](c2ccc(S(C)(=O)=O)cc2)OC1(C)C. The van der Waals surface area contributed by atoms with E-state index in [-0.39, 0.29) is 17.4 Å². The van der Waals surface area contributed by atoms with E-state index in [1.54, 1.807) is 26.0 Å². The zero-order valence-corrected chi connectivity index (χ0v) is 13.9. The number of ether oxygens (including phenoxy) is 1. The van der Waals surface area contributed by atoms with E-state index in [0.29, 0.717) is 0 Å². The zero-order chi connectivity index (χ0) is 16.7. The first kappa shape index (κ1) is 16.9. The minimum absolute atomic E-state index is 0.181. The highest BCUT2D eigenvalue weighted by Crippen LogP contribution is 2.40. The zero-order valence-electron chi connectivity index (χ0n) is 13.1. The fraction of sp³-hybridized carbons (Fsp3) is 0.533. The summed E-state index contributed by atoms with van der Waals surface area (Å²) in [5.41, 5.74) is -0.109. The number of rotatable bonds is 3. The minimum Gasteiger partial charge on any atom is -0.394 e. The first-order valence-corrected chi connectivity index (χ1v) is 8.85. The van der Waals surface area contributed by atoms with Crippen LogP contribution in [0.2, 0.25) is 0 Å². The van der Waals surface area contributed by atoms with E-state index in [4.69, 9.17) is 4.74 Å². The normalized spacial score (nSPS) is 24.5. The molecule has 0 unspecified atom stereocenters. The van der Waals surface area contributed by atoms with Crippen molar-refractivity contribution in [2.45, 2.75) is 43.5 Å². The second-order valence-electron chi connectivity index (χ2n) is 5.97. The molecule has 1 aliphatic heterocycles. The molecule has 0 aliphatic carbocycles. The van der Waals surface area contributed by atoms with E-state index in [1.807, 2.05) is 0 Å². The number of benzene rings is 1. The van der Waals surface area contributed by atoms with Gasteiger partial charge in [-0.15, -0.1) is 0 Å². The van der Waals surface area contributed by atoms with Crippen molar-refractivity contribution in [2.24, 2.45) is 0 Å². The molecule has 6 nitrogen and oxygen atoms in total. The summed E-state index contributed by atoms with van der Waals surface area (Å²) in [5, 5.41) is 9.66. The van der Waals surface area contributed by atoms with Crippen LogP contribution in [0.3, 0.4) is 0 Å². The van der Waals surface area contributed by atoms with E-state index < -0.39 is 27.7 Å². The van der Waals surface area contributed by atoms with E-state index in [9.17, 15) is 18.3 Å². The maximum Gasteiger partial charge on any atom is 0.222 e. The summed E-state index contributed by atoms with van der Waals surface area (Å²) < 4.78 is 28.9. The van der Waals surface area contributed by atoms with Gasteiger partial charge < -0.3 is 14.7 Å². The summed E-state index contributed by atoms with van der Waals surface area (Å²) in [5.74, 6) is -0.181. The quantitative estimate of drug-likeness (QED) is 0.899. The highest BCUT2D eigenvalue weighted by atomic mass is 32.2. The van der Waals surface area contributed by atoms with Crippen molar-refractivity contribution >= 4 is 15.7 Å². The lowest BCUT2D eigenvalue weighted by Gasteiger charge is -2.31. The molecule has 1 heterocycles. The van der Waals surface area contributed by atoms with Gasteiger partial charge in [0.05, 0.1) is 17.5 Å². The number of aliphatic hydroxyl groups excluding tert-OH is 1. The van der Waals surface area contributed by atoms with Crippen molar-refractivity contribution in [1.29, 1.82) is 0 Å². The van der Waals surface area contributed by atoms with Gasteiger partial charge in [0, 0.05) is 13.2 Å². The highest BCUT2D eigenvalue weighted by molar-refractivity contribution is 7.90. The van der Waals surface area contributed by atoms with E-state index in [2.05, 4.69) is 0 Å². The summed E-state index contributed by atoms with van der Waals surface area (Å²) in [6.07, 6.45) is 0.642. The lowest BCUT2D eigenvalue weighted by Crippen LogP contribution is -2.48. The number of carbonyl (C=O) groups excluding carboxylic acids is 1. The third-order valence-electron chi connectivity index (χ3n) is 3.84. The van der Waals surface area contributed by atoms with Crippen molar-refractivity contribution in [3.63, 3.8) is 0 Å².